The standard InChI is InChI=1S/C32H58N4O2/c1-5-9-13-22-35(23-14-10-6-2)26-20-33-31(37)29-18-17-19-30(28-29)32(38)34-21-27-36(24-15-11-7-3)25-16-12-8-4/h17-19,28H,5-16,20-27H2,1-4H3,(H,33,37)(H,34,38). The van der Waals surface area contributed by atoms with E-state index < -0.39 is 0 Å². The molecule has 6 heteroatoms. The molecule has 0 saturated heterocycles. The van der Waals surface area contributed by atoms with Crippen LogP contribution in [0.25, 0.3) is 0 Å². The van der Waals surface area contributed by atoms with E-state index in [2.05, 4.69) is 48.1 Å². The molecule has 0 saturated carbocycles. The van der Waals surface area contributed by atoms with Crippen molar-refractivity contribution in [2.75, 3.05) is 52.4 Å². The average Bonchev–Trinajstić information content (AvgIpc) is 2.93. The van der Waals surface area contributed by atoms with Crippen molar-refractivity contribution < 1.29 is 9.59 Å². The van der Waals surface area contributed by atoms with Gasteiger partial charge < -0.3 is 20.4 Å². The van der Waals surface area contributed by atoms with Gasteiger partial charge in [-0.05, 0) is 70.1 Å². The lowest BCUT2D eigenvalue weighted by Crippen LogP contribution is -2.36. The lowest BCUT2D eigenvalue weighted by Gasteiger charge is -2.22. The summed E-state index contributed by atoms with van der Waals surface area (Å²) in [6, 6.07) is 7.09. The van der Waals surface area contributed by atoms with Crippen LogP contribution in [0.15, 0.2) is 24.3 Å². The van der Waals surface area contributed by atoms with Gasteiger partial charge in [0.25, 0.3) is 11.8 Å². The molecule has 0 aliphatic rings. The molecule has 1 rings (SSSR count). The van der Waals surface area contributed by atoms with E-state index in [4.69, 9.17) is 0 Å². The van der Waals surface area contributed by atoms with Crippen molar-refractivity contribution in [1.82, 2.24) is 20.4 Å². The first-order chi connectivity index (χ1) is 18.5. The number of nitrogens with zero attached hydrogens (tertiary/aromatic N) is 2. The van der Waals surface area contributed by atoms with Gasteiger partial charge in [0.1, 0.15) is 0 Å². The molecule has 0 radical (unpaired) electrons. The number of benzene rings is 1. The summed E-state index contributed by atoms with van der Waals surface area (Å²) in [5.74, 6) is -0.223. The number of hydrogen-bond donors (Lipinski definition) is 2. The van der Waals surface area contributed by atoms with Crippen LogP contribution in [-0.2, 0) is 0 Å². The Kier molecular flexibility index (Phi) is 20.7. The Hall–Kier alpha value is -1.92. The molecule has 1 aromatic carbocycles. The summed E-state index contributed by atoms with van der Waals surface area (Å²) in [5, 5.41) is 6.13. The second-order valence-electron chi connectivity index (χ2n) is 10.6. The molecular weight excluding hydrogens is 472 g/mol. The molecule has 218 valence electrons. The first-order valence-electron chi connectivity index (χ1n) is 15.7. The SMILES string of the molecule is CCCCCN(CCCCC)CCNC(=O)c1cccc(C(=O)NCCN(CCCCC)CCCCC)c1. The molecule has 0 aliphatic carbocycles. The van der Waals surface area contributed by atoms with Gasteiger partial charge in [-0.15, -0.1) is 0 Å². The third-order valence-electron chi connectivity index (χ3n) is 7.13. The van der Waals surface area contributed by atoms with Crippen molar-refractivity contribution in [1.29, 1.82) is 0 Å². The molecule has 1 aromatic rings. The van der Waals surface area contributed by atoms with E-state index in [0.717, 1.165) is 39.3 Å². The van der Waals surface area contributed by atoms with E-state index in [1.807, 2.05) is 0 Å². The highest BCUT2D eigenvalue weighted by Gasteiger charge is 2.12. The first kappa shape index (κ1) is 34.1. The van der Waals surface area contributed by atoms with Crippen molar-refractivity contribution in [2.24, 2.45) is 0 Å². The molecule has 2 amide bonds. The van der Waals surface area contributed by atoms with E-state index in [0.29, 0.717) is 24.2 Å². The molecule has 0 aliphatic heterocycles. The summed E-state index contributed by atoms with van der Waals surface area (Å²) < 4.78 is 0. The summed E-state index contributed by atoms with van der Waals surface area (Å²) >= 11 is 0. The molecule has 2 N–H and O–H groups in total. The second-order valence-corrected chi connectivity index (χ2v) is 10.6. The van der Waals surface area contributed by atoms with Gasteiger partial charge in [-0.1, -0.05) is 85.1 Å². The second kappa shape index (κ2) is 23.0. The third kappa shape index (κ3) is 16.1. The molecule has 0 fully saturated rings. The highest BCUT2D eigenvalue weighted by molar-refractivity contribution is 5.99. The number of rotatable bonds is 24. The van der Waals surface area contributed by atoms with Gasteiger partial charge in [0.2, 0.25) is 0 Å². The highest BCUT2D eigenvalue weighted by Crippen LogP contribution is 2.07. The summed E-state index contributed by atoms with van der Waals surface area (Å²) in [6.45, 7) is 16.3. The molecule has 0 unspecified atom stereocenters. The third-order valence-corrected chi connectivity index (χ3v) is 7.13. The molecular formula is C32H58N4O2. The Morgan fingerprint density at radius 3 is 1.21 bits per heavy atom. The van der Waals surface area contributed by atoms with Crippen LogP contribution < -0.4 is 10.6 Å². The van der Waals surface area contributed by atoms with Crippen molar-refractivity contribution in [3.05, 3.63) is 35.4 Å². The highest BCUT2D eigenvalue weighted by atomic mass is 16.2. The predicted octanol–water partition coefficient (Wildman–Crippen LogP) is 6.51. The van der Waals surface area contributed by atoms with Crippen molar-refractivity contribution in [2.45, 2.75) is 105 Å². The topological polar surface area (TPSA) is 64.7 Å². The van der Waals surface area contributed by atoms with Crippen LogP contribution in [0, 0.1) is 0 Å². The monoisotopic (exact) mass is 530 g/mol. The van der Waals surface area contributed by atoms with Gasteiger partial charge in [-0.3, -0.25) is 9.59 Å². The molecule has 0 bridgehead atoms. The summed E-state index contributed by atoms with van der Waals surface area (Å²) in [7, 11) is 0. The number of carbonyl (C=O) groups is 2. The smallest absolute Gasteiger partial charge is 0.251 e. The van der Waals surface area contributed by atoms with Crippen molar-refractivity contribution in [3.63, 3.8) is 0 Å². The van der Waals surface area contributed by atoms with Crippen molar-refractivity contribution in [3.8, 4) is 0 Å². The largest absolute Gasteiger partial charge is 0.351 e. The van der Waals surface area contributed by atoms with Crippen LogP contribution in [0.4, 0.5) is 0 Å². The van der Waals surface area contributed by atoms with Crippen molar-refractivity contribution >= 4 is 11.8 Å². The van der Waals surface area contributed by atoms with Gasteiger partial charge in [0.15, 0.2) is 0 Å². The lowest BCUT2D eigenvalue weighted by molar-refractivity contribution is 0.0947. The van der Waals surface area contributed by atoms with Crippen LogP contribution >= 0.6 is 0 Å². The summed E-state index contributed by atoms with van der Waals surface area (Å²) in [4.78, 5) is 30.6. The van der Waals surface area contributed by atoms with Gasteiger partial charge in [0, 0.05) is 37.3 Å². The predicted molar refractivity (Wildman–Crippen MR) is 162 cm³/mol. The maximum atomic E-state index is 12.8. The van der Waals surface area contributed by atoms with E-state index >= 15 is 0 Å². The molecule has 0 atom stereocenters. The van der Waals surface area contributed by atoms with E-state index in [-0.39, 0.29) is 11.8 Å². The number of hydrogen-bond acceptors (Lipinski definition) is 4. The van der Waals surface area contributed by atoms with E-state index in [1.54, 1.807) is 24.3 Å². The Balaban J connectivity index is 2.53. The minimum absolute atomic E-state index is 0.111. The number of nitrogens with one attached hydrogen (secondary N) is 2. The van der Waals surface area contributed by atoms with Gasteiger partial charge in [-0.25, -0.2) is 0 Å². The van der Waals surface area contributed by atoms with Crippen LogP contribution in [-0.4, -0.2) is 74.0 Å². The van der Waals surface area contributed by atoms with Crippen LogP contribution in [0.5, 0.6) is 0 Å². The summed E-state index contributed by atoms with van der Waals surface area (Å²) in [5.41, 5.74) is 1.09. The minimum atomic E-state index is -0.111. The maximum Gasteiger partial charge on any atom is 0.251 e. The van der Waals surface area contributed by atoms with Gasteiger partial charge >= 0.3 is 0 Å². The Morgan fingerprint density at radius 1 is 0.553 bits per heavy atom. The van der Waals surface area contributed by atoms with Crippen LogP contribution in [0.3, 0.4) is 0 Å². The number of amides is 2. The zero-order valence-corrected chi connectivity index (χ0v) is 25.2. The number of carbonyl (C=O) groups excluding carboxylic acids is 2. The fourth-order valence-corrected chi connectivity index (χ4v) is 4.67. The van der Waals surface area contributed by atoms with E-state index in [1.165, 1.54) is 77.0 Å². The lowest BCUT2D eigenvalue weighted by atomic mass is 10.1. The normalized spacial score (nSPS) is 11.3. The fourth-order valence-electron chi connectivity index (χ4n) is 4.67. The zero-order chi connectivity index (χ0) is 27.8. The van der Waals surface area contributed by atoms with Crippen LogP contribution in [0.1, 0.15) is 125 Å². The first-order valence-corrected chi connectivity index (χ1v) is 15.7. The quantitative estimate of drug-likeness (QED) is 0.150. The molecule has 6 nitrogen and oxygen atoms in total. The summed E-state index contributed by atoms with van der Waals surface area (Å²) in [6.07, 6.45) is 14.7. The minimum Gasteiger partial charge on any atom is -0.351 e. The average molecular weight is 531 g/mol. The van der Waals surface area contributed by atoms with Gasteiger partial charge in [0.05, 0.1) is 0 Å². The Labute approximate surface area is 234 Å². The molecule has 0 spiro atoms. The molecule has 0 heterocycles. The van der Waals surface area contributed by atoms with Gasteiger partial charge in [-0.2, -0.15) is 0 Å². The Bertz CT molecular complexity index is 663. The molecule has 0 aromatic heterocycles. The van der Waals surface area contributed by atoms with E-state index in [9.17, 15) is 9.59 Å². The Morgan fingerprint density at radius 2 is 0.895 bits per heavy atom. The zero-order valence-electron chi connectivity index (χ0n) is 25.2. The molecule has 38 heavy (non-hydrogen) atoms. The fraction of sp³-hybridized carbons (Fsp3) is 0.750. The van der Waals surface area contributed by atoms with Crippen LogP contribution in [0.2, 0.25) is 0 Å². The maximum absolute atomic E-state index is 12.8. The number of unbranched alkanes of at least 4 members (excludes halogenated alkanes) is 8.